The lowest BCUT2D eigenvalue weighted by Gasteiger charge is -2.22. The smallest absolute Gasteiger partial charge is 0.0434 e. The number of hydrogen-bond donors (Lipinski definition) is 0. The molecule has 0 spiro atoms. The molecule has 0 amide bonds. The largest absolute Gasteiger partial charge is 0.367 e. The first kappa shape index (κ1) is 12.9. The van der Waals surface area contributed by atoms with Crippen LogP contribution in [0.4, 0.5) is 5.69 Å². The highest BCUT2D eigenvalue weighted by Crippen LogP contribution is 2.32. The van der Waals surface area contributed by atoms with E-state index in [1.54, 1.807) is 0 Å². The summed E-state index contributed by atoms with van der Waals surface area (Å²) < 4.78 is 0. The Morgan fingerprint density at radius 2 is 2.28 bits per heavy atom. The van der Waals surface area contributed by atoms with Crippen molar-refractivity contribution < 1.29 is 0 Å². The van der Waals surface area contributed by atoms with Crippen LogP contribution in [0.5, 0.6) is 0 Å². The molecule has 2 rings (SSSR count). The van der Waals surface area contributed by atoms with Crippen LogP contribution < -0.4 is 4.90 Å². The first-order valence-electron chi connectivity index (χ1n) is 6.75. The number of benzene rings is 1. The van der Waals surface area contributed by atoms with Crippen molar-refractivity contribution in [2.45, 2.75) is 33.6 Å². The average molecular weight is 242 g/mol. The van der Waals surface area contributed by atoms with E-state index in [0.29, 0.717) is 0 Å². The third-order valence-electron chi connectivity index (χ3n) is 3.44. The number of hydrogen-bond acceptors (Lipinski definition) is 2. The molecule has 0 aliphatic carbocycles. The lowest BCUT2D eigenvalue weighted by molar-refractivity contribution is 0.872. The van der Waals surface area contributed by atoms with Gasteiger partial charge in [-0.15, -0.1) is 0 Å². The Bertz CT molecular complexity index is 472. The summed E-state index contributed by atoms with van der Waals surface area (Å²) in [5, 5.41) is 0. The normalized spacial score (nSPS) is 15.5. The van der Waals surface area contributed by atoms with Crippen LogP contribution in [-0.4, -0.2) is 19.3 Å². The topological polar surface area (TPSA) is 15.6 Å². The highest BCUT2D eigenvalue weighted by atomic mass is 15.1. The lowest BCUT2D eigenvalue weighted by atomic mass is 10.1. The summed E-state index contributed by atoms with van der Waals surface area (Å²) >= 11 is 0. The standard InChI is InChI=1S/C16H22N2/c1-4-14-7-6-8-15-9-10-18(16(14)15)12-13(3)11-17-5-2/h5-8,11H,4,9-10,12H2,1-3H3/b13-11+,17-5-. The number of nitrogens with zero attached hydrogens (tertiary/aromatic N) is 2. The molecule has 0 fully saturated rings. The number of para-hydroxylation sites is 1. The molecule has 2 heteroatoms. The van der Waals surface area contributed by atoms with Crippen LogP contribution in [0.2, 0.25) is 0 Å². The van der Waals surface area contributed by atoms with Crippen molar-refractivity contribution in [2.24, 2.45) is 4.99 Å². The second-order valence-electron chi connectivity index (χ2n) is 4.83. The van der Waals surface area contributed by atoms with Gasteiger partial charge in [0.15, 0.2) is 0 Å². The maximum atomic E-state index is 4.20. The van der Waals surface area contributed by atoms with Crippen LogP contribution >= 0.6 is 0 Å². The highest BCUT2D eigenvalue weighted by molar-refractivity contribution is 5.64. The molecule has 0 aromatic heterocycles. The molecular weight excluding hydrogens is 220 g/mol. The Morgan fingerprint density at radius 3 is 3.00 bits per heavy atom. The van der Waals surface area contributed by atoms with Gasteiger partial charge in [-0.2, -0.15) is 0 Å². The number of anilines is 1. The van der Waals surface area contributed by atoms with Crippen molar-refractivity contribution in [3.05, 3.63) is 41.1 Å². The van der Waals surface area contributed by atoms with Crippen molar-refractivity contribution in [3.63, 3.8) is 0 Å². The van der Waals surface area contributed by atoms with E-state index < -0.39 is 0 Å². The minimum absolute atomic E-state index is 0.987. The number of fused-ring (bicyclic) bond motifs is 1. The van der Waals surface area contributed by atoms with Gasteiger partial charge >= 0.3 is 0 Å². The van der Waals surface area contributed by atoms with Gasteiger partial charge in [0.05, 0.1) is 0 Å². The molecule has 0 N–H and O–H groups in total. The van der Waals surface area contributed by atoms with E-state index in [4.69, 9.17) is 0 Å². The van der Waals surface area contributed by atoms with Crippen molar-refractivity contribution in [1.82, 2.24) is 0 Å². The molecule has 0 unspecified atom stereocenters. The van der Waals surface area contributed by atoms with E-state index in [9.17, 15) is 0 Å². The number of aliphatic imine (C=N–C) groups is 1. The summed E-state index contributed by atoms with van der Waals surface area (Å²) in [5.74, 6) is 0. The van der Waals surface area contributed by atoms with Gasteiger partial charge in [0.25, 0.3) is 0 Å². The Morgan fingerprint density at radius 1 is 1.44 bits per heavy atom. The summed E-state index contributed by atoms with van der Waals surface area (Å²) in [6.07, 6.45) is 6.08. The molecule has 0 saturated carbocycles. The maximum Gasteiger partial charge on any atom is 0.0434 e. The molecule has 1 aromatic rings. The molecule has 0 bridgehead atoms. The molecule has 18 heavy (non-hydrogen) atoms. The molecule has 0 radical (unpaired) electrons. The predicted molar refractivity (Wildman–Crippen MR) is 79.7 cm³/mol. The van der Waals surface area contributed by atoms with Crippen LogP contribution in [0.1, 0.15) is 31.9 Å². The lowest BCUT2D eigenvalue weighted by Crippen LogP contribution is -2.23. The van der Waals surface area contributed by atoms with Gasteiger partial charge in [0.2, 0.25) is 0 Å². The molecule has 2 nitrogen and oxygen atoms in total. The summed E-state index contributed by atoms with van der Waals surface area (Å²) in [4.78, 5) is 6.69. The minimum Gasteiger partial charge on any atom is -0.367 e. The van der Waals surface area contributed by atoms with E-state index in [1.165, 1.54) is 28.8 Å². The molecule has 0 saturated heterocycles. The van der Waals surface area contributed by atoms with Crippen LogP contribution in [0.3, 0.4) is 0 Å². The van der Waals surface area contributed by atoms with Gasteiger partial charge in [-0.25, -0.2) is 0 Å². The Labute approximate surface area is 110 Å². The van der Waals surface area contributed by atoms with Crippen molar-refractivity contribution in [3.8, 4) is 0 Å². The molecule has 0 atom stereocenters. The first-order valence-corrected chi connectivity index (χ1v) is 6.75. The van der Waals surface area contributed by atoms with E-state index >= 15 is 0 Å². The van der Waals surface area contributed by atoms with Gasteiger partial charge in [0, 0.05) is 31.2 Å². The van der Waals surface area contributed by atoms with Crippen molar-refractivity contribution >= 4 is 11.9 Å². The van der Waals surface area contributed by atoms with E-state index in [-0.39, 0.29) is 0 Å². The minimum atomic E-state index is 0.987. The highest BCUT2D eigenvalue weighted by Gasteiger charge is 2.21. The Hall–Kier alpha value is -1.57. The molecule has 1 aliphatic rings. The molecular formula is C16H22N2. The van der Waals surface area contributed by atoms with E-state index in [0.717, 1.165) is 19.5 Å². The predicted octanol–water partition coefficient (Wildman–Crippen LogP) is 3.61. The molecule has 96 valence electrons. The third kappa shape index (κ3) is 2.63. The summed E-state index contributed by atoms with van der Waals surface area (Å²) in [6, 6.07) is 6.70. The van der Waals surface area contributed by atoms with Crippen LogP contribution in [0, 0.1) is 0 Å². The SMILES string of the molecule is C/C=N\C=C(/C)CN1CCc2cccc(CC)c21. The number of rotatable bonds is 4. The Kier molecular flexibility index (Phi) is 4.19. The van der Waals surface area contributed by atoms with Gasteiger partial charge in [-0.1, -0.05) is 25.1 Å². The van der Waals surface area contributed by atoms with Crippen LogP contribution in [0.15, 0.2) is 35.0 Å². The summed E-state index contributed by atoms with van der Waals surface area (Å²) in [7, 11) is 0. The fraction of sp³-hybridized carbons (Fsp3) is 0.438. The number of aryl methyl sites for hydroxylation is 1. The third-order valence-corrected chi connectivity index (χ3v) is 3.44. The fourth-order valence-corrected chi connectivity index (χ4v) is 2.61. The average Bonchev–Trinajstić information content (AvgIpc) is 2.79. The van der Waals surface area contributed by atoms with Gasteiger partial charge in [0.1, 0.15) is 0 Å². The summed E-state index contributed by atoms with van der Waals surface area (Å²) in [6.45, 7) is 8.45. The van der Waals surface area contributed by atoms with E-state index in [1.807, 2.05) is 19.3 Å². The molecule has 1 heterocycles. The van der Waals surface area contributed by atoms with Gasteiger partial charge < -0.3 is 4.90 Å². The first-order chi connectivity index (χ1) is 8.76. The summed E-state index contributed by atoms with van der Waals surface area (Å²) in [5.41, 5.74) is 5.75. The maximum absolute atomic E-state index is 4.20. The van der Waals surface area contributed by atoms with Gasteiger partial charge in [-0.3, -0.25) is 4.99 Å². The molecule has 1 aromatic carbocycles. The zero-order valence-electron chi connectivity index (χ0n) is 11.6. The quantitative estimate of drug-likeness (QED) is 0.736. The molecule has 1 aliphatic heterocycles. The van der Waals surface area contributed by atoms with Crippen LogP contribution in [-0.2, 0) is 12.8 Å². The van der Waals surface area contributed by atoms with Crippen molar-refractivity contribution in [1.29, 1.82) is 0 Å². The monoisotopic (exact) mass is 242 g/mol. The fourth-order valence-electron chi connectivity index (χ4n) is 2.61. The Balaban J connectivity index is 2.21. The van der Waals surface area contributed by atoms with Gasteiger partial charge in [-0.05, 0) is 43.4 Å². The van der Waals surface area contributed by atoms with E-state index in [2.05, 4.69) is 41.9 Å². The zero-order valence-corrected chi connectivity index (χ0v) is 11.6. The second-order valence-corrected chi connectivity index (χ2v) is 4.83. The second kappa shape index (κ2) is 5.85. The zero-order chi connectivity index (χ0) is 13.0. The van der Waals surface area contributed by atoms with Crippen molar-refractivity contribution in [2.75, 3.05) is 18.0 Å². The van der Waals surface area contributed by atoms with Crippen LogP contribution in [0.25, 0.3) is 0 Å².